The molecule has 0 heterocycles. The van der Waals surface area contributed by atoms with Gasteiger partial charge in [0.25, 0.3) is 0 Å². The molecule has 1 nitrogen and oxygen atoms in total. The van der Waals surface area contributed by atoms with Gasteiger partial charge in [-0.2, -0.15) is 0 Å². The summed E-state index contributed by atoms with van der Waals surface area (Å²) in [4.78, 5) is 0. The standard InChI is InChI=1S/C8H9BrFN/c1-2-5-3-6(9)7(10)4-8(5)11/h3-4H,2,11H2,1H3. The highest BCUT2D eigenvalue weighted by molar-refractivity contribution is 9.10. The minimum absolute atomic E-state index is 0.306. The first-order valence-electron chi connectivity index (χ1n) is 3.38. The Morgan fingerprint density at radius 1 is 1.55 bits per heavy atom. The van der Waals surface area contributed by atoms with E-state index in [9.17, 15) is 4.39 Å². The summed E-state index contributed by atoms with van der Waals surface area (Å²) in [6.07, 6.45) is 0.824. The summed E-state index contributed by atoms with van der Waals surface area (Å²) in [7, 11) is 0. The number of hydrogen-bond acceptors (Lipinski definition) is 1. The van der Waals surface area contributed by atoms with Crippen LogP contribution in [0, 0.1) is 5.82 Å². The van der Waals surface area contributed by atoms with Crippen molar-refractivity contribution in [3.8, 4) is 0 Å². The Kier molecular flexibility index (Phi) is 2.49. The Morgan fingerprint density at radius 3 is 2.73 bits per heavy atom. The topological polar surface area (TPSA) is 26.0 Å². The van der Waals surface area contributed by atoms with Gasteiger partial charge in [-0.05, 0) is 40.0 Å². The van der Waals surface area contributed by atoms with E-state index in [1.165, 1.54) is 6.07 Å². The number of nitrogens with two attached hydrogens (primary N) is 1. The fourth-order valence-corrected chi connectivity index (χ4v) is 1.30. The number of anilines is 1. The van der Waals surface area contributed by atoms with Gasteiger partial charge in [0.15, 0.2) is 0 Å². The monoisotopic (exact) mass is 217 g/mol. The third-order valence-electron chi connectivity index (χ3n) is 1.56. The molecule has 0 radical (unpaired) electrons. The van der Waals surface area contributed by atoms with Crippen molar-refractivity contribution >= 4 is 21.6 Å². The van der Waals surface area contributed by atoms with Crippen LogP contribution in [-0.4, -0.2) is 0 Å². The zero-order chi connectivity index (χ0) is 8.43. The van der Waals surface area contributed by atoms with E-state index in [-0.39, 0.29) is 5.82 Å². The van der Waals surface area contributed by atoms with E-state index >= 15 is 0 Å². The molecule has 0 saturated heterocycles. The minimum Gasteiger partial charge on any atom is -0.398 e. The van der Waals surface area contributed by atoms with Gasteiger partial charge in [0, 0.05) is 5.69 Å². The van der Waals surface area contributed by atoms with Crippen LogP contribution in [0.1, 0.15) is 12.5 Å². The van der Waals surface area contributed by atoms with Gasteiger partial charge >= 0.3 is 0 Å². The van der Waals surface area contributed by atoms with Gasteiger partial charge in [-0.3, -0.25) is 0 Å². The van der Waals surface area contributed by atoms with Crippen molar-refractivity contribution in [2.24, 2.45) is 0 Å². The predicted octanol–water partition coefficient (Wildman–Crippen LogP) is 2.73. The molecular weight excluding hydrogens is 209 g/mol. The second kappa shape index (κ2) is 3.22. The summed E-state index contributed by atoms with van der Waals surface area (Å²) < 4.78 is 13.2. The van der Waals surface area contributed by atoms with Crippen molar-refractivity contribution in [3.63, 3.8) is 0 Å². The van der Waals surface area contributed by atoms with Gasteiger partial charge in [0.1, 0.15) is 5.82 Å². The first-order valence-corrected chi connectivity index (χ1v) is 4.17. The summed E-state index contributed by atoms with van der Waals surface area (Å²) >= 11 is 3.09. The first kappa shape index (κ1) is 8.53. The summed E-state index contributed by atoms with van der Waals surface area (Å²) in [5.74, 6) is -0.306. The number of benzene rings is 1. The molecular formula is C8H9BrFN. The van der Waals surface area contributed by atoms with Crippen molar-refractivity contribution in [1.82, 2.24) is 0 Å². The second-order valence-corrected chi connectivity index (χ2v) is 3.17. The van der Waals surface area contributed by atoms with Crippen LogP contribution < -0.4 is 5.73 Å². The van der Waals surface area contributed by atoms with Crippen molar-refractivity contribution < 1.29 is 4.39 Å². The van der Waals surface area contributed by atoms with Gasteiger partial charge in [-0.1, -0.05) is 6.92 Å². The molecule has 0 unspecified atom stereocenters. The Balaban J connectivity index is 3.21. The molecule has 0 atom stereocenters. The summed E-state index contributed by atoms with van der Waals surface area (Å²) in [6.45, 7) is 1.98. The number of halogens is 2. The van der Waals surface area contributed by atoms with E-state index in [1.54, 1.807) is 6.07 Å². The van der Waals surface area contributed by atoms with Crippen LogP contribution in [-0.2, 0) is 6.42 Å². The largest absolute Gasteiger partial charge is 0.398 e. The zero-order valence-electron chi connectivity index (χ0n) is 6.20. The lowest BCUT2D eigenvalue weighted by atomic mass is 10.1. The summed E-state index contributed by atoms with van der Waals surface area (Å²) in [6, 6.07) is 3.05. The summed E-state index contributed by atoms with van der Waals surface area (Å²) in [5.41, 5.74) is 7.03. The normalized spacial score (nSPS) is 10.1. The van der Waals surface area contributed by atoms with Crippen LogP contribution in [0.3, 0.4) is 0 Å². The molecule has 0 spiro atoms. The fourth-order valence-electron chi connectivity index (χ4n) is 0.910. The number of nitrogen functional groups attached to an aromatic ring is 1. The van der Waals surface area contributed by atoms with Gasteiger partial charge in [0.05, 0.1) is 4.47 Å². The molecule has 60 valence electrons. The molecule has 0 saturated carbocycles. The lowest BCUT2D eigenvalue weighted by Gasteiger charge is -2.03. The highest BCUT2D eigenvalue weighted by atomic mass is 79.9. The molecule has 1 aromatic rings. The van der Waals surface area contributed by atoms with Crippen LogP contribution >= 0.6 is 15.9 Å². The Hall–Kier alpha value is -0.570. The van der Waals surface area contributed by atoms with Gasteiger partial charge in [0.2, 0.25) is 0 Å². The molecule has 0 aromatic heterocycles. The first-order chi connectivity index (χ1) is 5.15. The lowest BCUT2D eigenvalue weighted by molar-refractivity contribution is 0.621. The van der Waals surface area contributed by atoms with E-state index in [1.807, 2.05) is 6.92 Å². The minimum atomic E-state index is -0.306. The molecule has 1 rings (SSSR count). The maximum Gasteiger partial charge on any atom is 0.139 e. The molecule has 11 heavy (non-hydrogen) atoms. The maximum atomic E-state index is 12.8. The highest BCUT2D eigenvalue weighted by Crippen LogP contribution is 2.22. The zero-order valence-corrected chi connectivity index (χ0v) is 7.78. The third-order valence-corrected chi connectivity index (χ3v) is 2.17. The van der Waals surface area contributed by atoms with Crippen LogP contribution in [0.15, 0.2) is 16.6 Å². The molecule has 0 bridgehead atoms. The predicted molar refractivity (Wildman–Crippen MR) is 47.9 cm³/mol. The van der Waals surface area contributed by atoms with Crippen LogP contribution in [0.5, 0.6) is 0 Å². The average Bonchev–Trinajstić information content (AvgIpc) is 1.97. The molecule has 0 amide bonds. The molecule has 2 N–H and O–H groups in total. The van der Waals surface area contributed by atoms with Crippen molar-refractivity contribution in [3.05, 3.63) is 28.0 Å². The van der Waals surface area contributed by atoms with E-state index in [0.29, 0.717) is 10.2 Å². The van der Waals surface area contributed by atoms with Gasteiger partial charge in [-0.25, -0.2) is 4.39 Å². The van der Waals surface area contributed by atoms with Crippen molar-refractivity contribution in [2.45, 2.75) is 13.3 Å². The maximum absolute atomic E-state index is 12.8. The smallest absolute Gasteiger partial charge is 0.139 e. The molecule has 3 heteroatoms. The van der Waals surface area contributed by atoms with E-state index in [0.717, 1.165) is 12.0 Å². The van der Waals surface area contributed by atoms with Crippen LogP contribution in [0.4, 0.5) is 10.1 Å². The number of rotatable bonds is 1. The van der Waals surface area contributed by atoms with E-state index in [4.69, 9.17) is 5.73 Å². The molecule has 0 aliphatic heterocycles. The van der Waals surface area contributed by atoms with E-state index < -0.39 is 0 Å². The van der Waals surface area contributed by atoms with Crippen molar-refractivity contribution in [1.29, 1.82) is 0 Å². The van der Waals surface area contributed by atoms with Crippen LogP contribution in [0.2, 0.25) is 0 Å². The van der Waals surface area contributed by atoms with E-state index in [2.05, 4.69) is 15.9 Å². The number of hydrogen-bond donors (Lipinski definition) is 1. The quantitative estimate of drug-likeness (QED) is 0.720. The third kappa shape index (κ3) is 1.71. The molecule has 0 aliphatic rings. The van der Waals surface area contributed by atoms with Crippen molar-refractivity contribution in [2.75, 3.05) is 5.73 Å². The average molecular weight is 218 g/mol. The Bertz CT molecular complexity index is 273. The second-order valence-electron chi connectivity index (χ2n) is 2.32. The lowest BCUT2D eigenvalue weighted by Crippen LogP contribution is -1.94. The van der Waals surface area contributed by atoms with Crippen LogP contribution in [0.25, 0.3) is 0 Å². The molecule has 0 aliphatic carbocycles. The number of aryl methyl sites for hydroxylation is 1. The summed E-state index contributed by atoms with van der Waals surface area (Å²) in [5, 5.41) is 0. The Labute approximate surface area is 73.5 Å². The fraction of sp³-hybridized carbons (Fsp3) is 0.250. The van der Waals surface area contributed by atoms with Gasteiger partial charge in [-0.15, -0.1) is 0 Å². The van der Waals surface area contributed by atoms with Gasteiger partial charge < -0.3 is 5.73 Å². The SMILES string of the molecule is CCc1cc(Br)c(F)cc1N. The molecule has 1 aromatic carbocycles. The Morgan fingerprint density at radius 2 is 2.18 bits per heavy atom. The highest BCUT2D eigenvalue weighted by Gasteiger charge is 2.03. The molecule has 0 fully saturated rings.